The van der Waals surface area contributed by atoms with E-state index in [9.17, 15) is 14.2 Å². The Hall–Kier alpha value is -2.27. The monoisotopic (exact) mass is 469 g/mol. The van der Waals surface area contributed by atoms with Gasteiger partial charge in [0, 0.05) is 12.6 Å². The fraction of sp³-hybridized carbons (Fsp3) is 0.500. The Balaban J connectivity index is 1.73. The van der Waals surface area contributed by atoms with Crippen molar-refractivity contribution in [1.29, 1.82) is 0 Å². The van der Waals surface area contributed by atoms with E-state index in [4.69, 9.17) is 29.0 Å². The summed E-state index contributed by atoms with van der Waals surface area (Å²) in [6, 6.07) is 7.94. The zero-order chi connectivity index (χ0) is 23.1. The minimum absolute atomic E-state index is 0.102. The molecule has 0 radical (unpaired) electrons. The largest absolute Gasteiger partial charge is 0.454 e. The molecule has 3 N–H and O–H groups in total. The van der Waals surface area contributed by atoms with Crippen molar-refractivity contribution in [1.82, 2.24) is 10.2 Å². The number of amides is 2. The molecule has 11 nitrogen and oxygen atoms in total. The summed E-state index contributed by atoms with van der Waals surface area (Å²) in [5.74, 6) is -0.572. The van der Waals surface area contributed by atoms with Crippen molar-refractivity contribution in [3.05, 3.63) is 48.2 Å². The lowest BCUT2D eigenvalue weighted by atomic mass is 10.2. The van der Waals surface area contributed by atoms with Crippen LogP contribution in [-0.2, 0) is 27.8 Å². The molecule has 0 spiro atoms. The minimum atomic E-state index is -3.47. The minimum Gasteiger partial charge on any atom is -0.454 e. The lowest BCUT2D eigenvalue weighted by Crippen LogP contribution is -2.55. The third kappa shape index (κ3) is 6.16. The maximum absolute atomic E-state index is 12.7. The molecule has 1 fully saturated rings. The van der Waals surface area contributed by atoms with Crippen LogP contribution in [0, 0.1) is 0 Å². The van der Waals surface area contributed by atoms with Crippen LogP contribution >= 0.6 is 7.60 Å². The average Bonchev–Trinajstić information content (AvgIpc) is 3.16. The topological polar surface area (TPSA) is 139 Å². The van der Waals surface area contributed by atoms with Crippen molar-refractivity contribution in [3.63, 3.8) is 0 Å². The van der Waals surface area contributed by atoms with Crippen LogP contribution < -0.4 is 11.1 Å². The Bertz CT molecular complexity index is 858. The first-order chi connectivity index (χ1) is 15.3. The smallest absolute Gasteiger partial charge is 0.356 e. The first-order valence-corrected chi connectivity index (χ1v) is 12.0. The summed E-state index contributed by atoms with van der Waals surface area (Å²) in [6.45, 7) is 3.76. The van der Waals surface area contributed by atoms with E-state index >= 15 is 0 Å². The third-order valence-corrected chi connectivity index (χ3v) is 6.39. The van der Waals surface area contributed by atoms with Crippen LogP contribution in [0.15, 0.2) is 42.6 Å². The van der Waals surface area contributed by atoms with E-state index in [2.05, 4.69) is 5.32 Å². The summed E-state index contributed by atoms with van der Waals surface area (Å²) >= 11 is 0. The number of ether oxygens (including phenoxy) is 3. The number of nitrogens with zero attached hydrogens (tertiary/aromatic N) is 1. The Morgan fingerprint density at radius 2 is 1.94 bits per heavy atom. The van der Waals surface area contributed by atoms with Crippen LogP contribution in [0.3, 0.4) is 0 Å². The number of hydrogen-bond donors (Lipinski definition) is 2. The van der Waals surface area contributed by atoms with Crippen molar-refractivity contribution >= 4 is 19.6 Å². The van der Waals surface area contributed by atoms with E-state index in [-0.39, 0.29) is 26.0 Å². The Morgan fingerprint density at radius 1 is 1.25 bits per heavy atom. The fourth-order valence-electron chi connectivity index (χ4n) is 3.24. The highest BCUT2D eigenvalue weighted by atomic mass is 31.2. The molecule has 2 aliphatic heterocycles. The van der Waals surface area contributed by atoms with Gasteiger partial charge < -0.3 is 34.3 Å². The highest BCUT2D eigenvalue weighted by Crippen LogP contribution is 2.48. The second-order valence-electron chi connectivity index (χ2n) is 6.97. The molecule has 0 aromatic heterocycles. The number of benzene rings is 1. The van der Waals surface area contributed by atoms with Crippen molar-refractivity contribution in [2.75, 3.05) is 19.6 Å². The second kappa shape index (κ2) is 11.0. The molecular formula is C20H28N3O8P. The van der Waals surface area contributed by atoms with Crippen LogP contribution in [0.1, 0.15) is 30.6 Å². The number of esters is 1. The average molecular weight is 469 g/mol. The molecule has 1 saturated heterocycles. The molecule has 176 valence electrons. The van der Waals surface area contributed by atoms with Crippen LogP contribution in [-0.4, -0.2) is 61.2 Å². The Morgan fingerprint density at radius 3 is 2.56 bits per heavy atom. The van der Waals surface area contributed by atoms with Gasteiger partial charge in [0.2, 0.25) is 0 Å². The molecule has 0 bridgehead atoms. The number of nitrogens with two attached hydrogens (primary N) is 1. The number of carbonyl (C=O) groups is 2. The standard InChI is InChI=1S/C20H28N3O8P/c1-3-28-32(26,29-4-2)13-27-17-12-15(30-19(24)14-8-6-5-7-9-14)18(31-17)23-11-10-16(21)22-20(23)25/h5-11,15-18H,3-4,12-13,21H2,1-2H3,(H,22,25)/t15-,16?,17+,18-/m1/s1. The molecule has 12 heteroatoms. The number of nitrogens with one attached hydrogen (secondary N) is 1. The summed E-state index contributed by atoms with van der Waals surface area (Å²) in [7, 11) is -3.47. The maximum atomic E-state index is 12.7. The van der Waals surface area contributed by atoms with Crippen LogP contribution in [0.2, 0.25) is 0 Å². The predicted octanol–water partition coefficient (Wildman–Crippen LogP) is 2.35. The summed E-state index contributed by atoms with van der Waals surface area (Å²) in [4.78, 5) is 26.3. The van der Waals surface area contributed by atoms with E-state index in [0.29, 0.717) is 5.56 Å². The second-order valence-corrected chi connectivity index (χ2v) is 8.96. The van der Waals surface area contributed by atoms with Gasteiger partial charge in [0.05, 0.1) is 24.9 Å². The normalized spacial score (nSPS) is 25.6. The molecule has 2 amide bonds. The lowest BCUT2D eigenvalue weighted by molar-refractivity contribution is -0.151. The van der Waals surface area contributed by atoms with Crippen LogP contribution in [0.5, 0.6) is 0 Å². The van der Waals surface area contributed by atoms with Gasteiger partial charge in [0.25, 0.3) is 0 Å². The van der Waals surface area contributed by atoms with Crippen molar-refractivity contribution in [2.24, 2.45) is 5.73 Å². The number of urea groups is 1. The van der Waals surface area contributed by atoms with Crippen molar-refractivity contribution < 1.29 is 37.4 Å². The van der Waals surface area contributed by atoms with Gasteiger partial charge in [0.15, 0.2) is 25.0 Å². The van der Waals surface area contributed by atoms with Gasteiger partial charge >= 0.3 is 19.6 Å². The van der Waals surface area contributed by atoms with E-state index in [1.165, 1.54) is 11.1 Å². The molecule has 1 aromatic carbocycles. The fourth-order valence-corrected chi connectivity index (χ4v) is 4.60. The quantitative estimate of drug-likeness (QED) is 0.390. The molecular weight excluding hydrogens is 441 g/mol. The molecule has 32 heavy (non-hydrogen) atoms. The van der Waals surface area contributed by atoms with Gasteiger partial charge in [-0.1, -0.05) is 18.2 Å². The summed E-state index contributed by atoms with van der Waals surface area (Å²) in [6.07, 6.45) is -0.603. The summed E-state index contributed by atoms with van der Waals surface area (Å²) in [5.41, 5.74) is 6.06. The molecule has 0 aliphatic carbocycles. The van der Waals surface area contributed by atoms with E-state index < -0.39 is 44.4 Å². The summed E-state index contributed by atoms with van der Waals surface area (Å²) in [5, 5.41) is 2.55. The highest BCUT2D eigenvalue weighted by molar-refractivity contribution is 7.53. The van der Waals surface area contributed by atoms with Crippen LogP contribution in [0.4, 0.5) is 4.79 Å². The maximum Gasteiger partial charge on any atom is 0.356 e. The summed E-state index contributed by atoms with van der Waals surface area (Å²) < 4.78 is 40.2. The first-order valence-electron chi connectivity index (χ1n) is 10.3. The van der Waals surface area contributed by atoms with Gasteiger partial charge in [0.1, 0.15) is 0 Å². The molecule has 3 rings (SSSR count). The van der Waals surface area contributed by atoms with Crippen molar-refractivity contribution in [3.8, 4) is 0 Å². The van der Waals surface area contributed by atoms with E-state index in [1.54, 1.807) is 50.3 Å². The first kappa shape index (κ1) is 24.4. The third-order valence-electron chi connectivity index (χ3n) is 4.62. The van der Waals surface area contributed by atoms with Gasteiger partial charge in [-0.15, -0.1) is 0 Å². The molecule has 2 aliphatic rings. The Kier molecular flexibility index (Phi) is 8.41. The van der Waals surface area contributed by atoms with Gasteiger partial charge in [-0.05, 0) is 32.1 Å². The predicted molar refractivity (Wildman–Crippen MR) is 113 cm³/mol. The zero-order valence-electron chi connectivity index (χ0n) is 17.9. The van der Waals surface area contributed by atoms with Crippen molar-refractivity contribution in [2.45, 2.75) is 45.1 Å². The molecule has 4 atom stereocenters. The molecule has 1 unspecified atom stereocenters. The highest BCUT2D eigenvalue weighted by Gasteiger charge is 2.45. The number of hydrogen-bond acceptors (Lipinski definition) is 9. The Labute approximate surface area is 186 Å². The molecule has 1 aromatic rings. The van der Waals surface area contributed by atoms with Crippen LogP contribution in [0.25, 0.3) is 0 Å². The number of carbonyl (C=O) groups excluding carboxylic acids is 2. The lowest BCUT2D eigenvalue weighted by Gasteiger charge is -2.32. The van der Waals surface area contributed by atoms with Gasteiger partial charge in [-0.3, -0.25) is 9.46 Å². The van der Waals surface area contributed by atoms with E-state index in [0.717, 1.165) is 0 Å². The van der Waals surface area contributed by atoms with E-state index in [1.807, 2.05) is 0 Å². The SMILES string of the molecule is CCOP(=O)(CO[C@@H]1C[C@@H](OC(=O)c2ccccc2)[C@H](N2C=CC(N)NC2=O)O1)OCC. The number of rotatable bonds is 10. The van der Waals surface area contributed by atoms with Gasteiger partial charge in [-0.25, -0.2) is 9.59 Å². The van der Waals surface area contributed by atoms with Gasteiger partial charge in [-0.2, -0.15) is 0 Å². The molecule has 2 heterocycles. The zero-order valence-corrected chi connectivity index (χ0v) is 18.8. The molecule has 0 saturated carbocycles.